The first kappa shape index (κ1) is 21.0. The first-order chi connectivity index (χ1) is 14.0. The molecule has 2 heterocycles. The van der Waals surface area contributed by atoms with Gasteiger partial charge in [0.2, 0.25) is 0 Å². The van der Waals surface area contributed by atoms with Crippen molar-refractivity contribution >= 4 is 23.1 Å². The van der Waals surface area contributed by atoms with E-state index >= 15 is 0 Å². The minimum atomic E-state index is -0.435. The Kier molecular flexibility index (Phi) is 6.67. The van der Waals surface area contributed by atoms with Crippen molar-refractivity contribution in [3.8, 4) is 0 Å². The summed E-state index contributed by atoms with van der Waals surface area (Å²) in [5.74, 6) is -0.525. The van der Waals surface area contributed by atoms with E-state index < -0.39 is 5.97 Å². The lowest BCUT2D eigenvalue weighted by Crippen LogP contribution is -2.28. The third-order valence-electron chi connectivity index (χ3n) is 5.12. The summed E-state index contributed by atoms with van der Waals surface area (Å²) < 4.78 is 4.83. The minimum Gasteiger partial charge on any atom is -0.465 e. The number of esters is 1. The number of benzene rings is 1. The number of carbonyl (C=O) groups is 2. The second kappa shape index (κ2) is 9.20. The molecule has 3 rings (SSSR count). The Morgan fingerprint density at radius 2 is 1.90 bits per heavy atom. The van der Waals surface area contributed by atoms with Crippen LogP contribution in [0.25, 0.3) is 0 Å². The molecule has 0 saturated carbocycles. The van der Waals surface area contributed by atoms with Crippen LogP contribution in [0.1, 0.15) is 61.1 Å². The highest BCUT2D eigenvalue weighted by Crippen LogP contribution is 2.27. The maximum Gasteiger partial charge on any atom is 0.339 e. The lowest BCUT2D eigenvalue weighted by atomic mass is 10.0. The molecule has 152 valence electrons. The summed E-state index contributed by atoms with van der Waals surface area (Å²) in [6.07, 6.45) is 0.990. The average molecular weight is 411 g/mol. The molecule has 3 aromatic rings. The smallest absolute Gasteiger partial charge is 0.339 e. The summed E-state index contributed by atoms with van der Waals surface area (Å²) in [6, 6.07) is 12.5. The quantitative estimate of drug-likeness (QED) is 0.420. The van der Waals surface area contributed by atoms with Gasteiger partial charge < -0.3 is 9.72 Å². The van der Waals surface area contributed by atoms with Gasteiger partial charge in [-0.1, -0.05) is 37.3 Å². The molecule has 1 aromatic carbocycles. The number of Topliss-reactive ketones (excluding diaryl/α,β-unsaturated/α-hetero) is 1. The fourth-order valence-corrected chi connectivity index (χ4v) is 4.33. The molecule has 2 aromatic heterocycles. The molecular weight excluding hydrogens is 384 g/mol. The van der Waals surface area contributed by atoms with Crippen molar-refractivity contribution in [2.75, 3.05) is 13.7 Å². The van der Waals surface area contributed by atoms with E-state index in [2.05, 4.69) is 47.6 Å². The molecule has 6 heteroatoms. The van der Waals surface area contributed by atoms with Crippen molar-refractivity contribution < 1.29 is 14.3 Å². The van der Waals surface area contributed by atoms with Crippen LogP contribution in [0.5, 0.6) is 0 Å². The normalized spacial score (nSPS) is 12.0. The number of aryl methyl sites for hydroxylation is 2. The van der Waals surface area contributed by atoms with Crippen LogP contribution in [0.15, 0.2) is 41.8 Å². The Labute approximate surface area is 175 Å². The number of carbonyl (C=O) groups excluding carboxylic acids is 2. The molecular formula is C23H26N2O3S. The molecule has 0 aliphatic carbocycles. The number of methoxy groups -OCH3 is 1. The number of hydrogen-bond acceptors (Lipinski definition) is 5. The summed E-state index contributed by atoms with van der Waals surface area (Å²) >= 11 is 1.66. The van der Waals surface area contributed by atoms with Gasteiger partial charge in [-0.05, 0) is 48.4 Å². The number of ketones is 1. The number of nitrogens with one attached hydrogen (secondary N) is 2. The molecule has 29 heavy (non-hydrogen) atoms. The highest BCUT2D eigenvalue weighted by Gasteiger charge is 2.23. The second-order valence-electron chi connectivity index (χ2n) is 6.96. The van der Waals surface area contributed by atoms with Gasteiger partial charge in [0.15, 0.2) is 5.78 Å². The van der Waals surface area contributed by atoms with Crippen molar-refractivity contribution in [3.05, 3.63) is 80.3 Å². The van der Waals surface area contributed by atoms with Crippen LogP contribution >= 0.6 is 11.3 Å². The van der Waals surface area contributed by atoms with Crippen LogP contribution < -0.4 is 5.32 Å². The first-order valence-electron chi connectivity index (χ1n) is 9.62. The molecule has 1 atom stereocenters. The predicted molar refractivity (Wildman–Crippen MR) is 116 cm³/mol. The van der Waals surface area contributed by atoms with Gasteiger partial charge in [0.05, 0.1) is 31.0 Å². The van der Waals surface area contributed by atoms with Crippen molar-refractivity contribution in [1.82, 2.24) is 10.3 Å². The fraction of sp³-hybridized carbons (Fsp3) is 0.304. The van der Waals surface area contributed by atoms with E-state index in [0.29, 0.717) is 22.5 Å². The maximum atomic E-state index is 12.9. The van der Waals surface area contributed by atoms with Crippen molar-refractivity contribution in [1.29, 1.82) is 0 Å². The Bertz CT molecular complexity index is 988. The third-order valence-corrected chi connectivity index (χ3v) is 6.06. The molecule has 0 unspecified atom stereocenters. The van der Waals surface area contributed by atoms with Crippen molar-refractivity contribution in [2.45, 2.75) is 33.2 Å². The molecule has 0 saturated heterocycles. The Balaban J connectivity index is 1.81. The van der Waals surface area contributed by atoms with E-state index in [0.717, 1.165) is 16.9 Å². The third kappa shape index (κ3) is 4.49. The monoisotopic (exact) mass is 410 g/mol. The summed E-state index contributed by atoms with van der Waals surface area (Å²) in [5.41, 5.74) is 4.54. The molecule has 0 radical (unpaired) electrons. The van der Waals surface area contributed by atoms with E-state index in [1.807, 2.05) is 11.4 Å². The van der Waals surface area contributed by atoms with Gasteiger partial charge in [-0.25, -0.2) is 4.79 Å². The van der Waals surface area contributed by atoms with Gasteiger partial charge >= 0.3 is 5.97 Å². The molecule has 0 bridgehead atoms. The van der Waals surface area contributed by atoms with Crippen LogP contribution in [0, 0.1) is 13.8 Å². The highest BCUT2D eigenvalue weighted by atomic mass is 32.1. The van der Waals surface area contributed by atoms with Gasteiger partial charge in [-0.3, -0.25) is 10.1 Å². The molecule has 0 spiro atoms. The van der Waals surface area contributed by atoms with Gasteiger partial charge in [-0.2, -0.15) is 0 Å². The van der Waals surface area contributed by atoms with Gasteiger partial charge in [0.1, 0.15) is 0 Å². The number of rotatable bonds is 8. The lowest BCUT2D eigenvalue weighted by Gasteiger charge is -2.18. The van der Waals surface area contributed by atoms with Crippen LogP contribution in [-0.4, -0.2) is 30.4 Å². The minimum absolute atomic E-state index is 0.0682. The average Bonchev–Trinajstić information content (AvgIpc) is 3.36. The molecule has 0 aliphatic heterocycles. The molecule has 0 fully saturated rings. The molecule has 0 aliphatic rings. The molecule has 5 nitrogen and oxygen atoms in total. The summed E-state index contributed by atoms with van der Waals surface area (Å²) in [5, 5.41) is 5.43. The van der Waals surface area contributed by atoms with E-state index in [4.69, 9.17) is 4.74 Å². The topological polar surface area (TPSA) is 71.2 Å². The zero-order valence-electron chi connectivity index (χ0n) is 17.2. The second-order valence-corrected chi connectivity index (χ2v) is 7.94. The number of aromatic amines is 1. The van der Waals surface area contributed by atoms with E-state index in [1.54, 1.807) is 25.2 Å². The van der Waals surface area contributed by atoms with Crippen LogP contribution in [0.2, 0.25) is 0 Å². The highest BCUT2D eigenvalue weighted by molar-refractivity contribution is 7.10. The summed E-state index contributed by atoms with van der Waals surface area (Å²) in [6.45, 7) is 5.82. The molecule has 0 amide bonds. The van der Waals surface area contributed by atoms with Gasteiger partial charge in [0, 0.05) is 10.6 Å². The Morgan fingerprint density at radius 3 is 2.48 bits per heavy atom. The van der Waals surface area contributed by atoms with Gasteiger partial charge in [0.25, 0.3) is 0 Å². The van der Waals surface area contributed by atoms with Crippen molar-refractivity contribution in [3.63, 3.8) is 0 Å². The summed E-state index contributed by atoms with van der Waals surface area (Å²) in [4.78, 5) is 29.1. The number of ether oxygens (including phenoxy) is 1. The zero-order valence-corrected chi connectivity index (χ0v) is 18.0. The fourth-order valence-electron chi connectivity index (χ4n) is 3.50. The predicted octanol–water partition coefficient (Wildman–Crippen LogP) is 4.60. The van der Waals surface area contributed by atoms with Crippen LogP contribution in [0.4, 0.5) is 0 Å². The Morgan fingerprint density at radius 1 is 1.17 bits per heavy atom. The van der Waals surface area contributed by atoms with Crippen molar-refractivity contribution in [2.24, 2.45) is 0 Å². The number of H-pyrrole nitrogens is 1. The molecule has 2 N–H and O–H groups in total. The van der Waals surface area contributed by atoms with E-state index in [1.165, 1.54) is 12.7 Å². The van der Waals surface area contributed by atoms with Crippen LogP contribution in [0.3, 0.4) is 0 Å². The first-order valence-corrected chi connectivity index (χ1v) is 10.5. The lowest BCUT2D eigenvalue weighted by molar-refractivity contribution is 0.0599. The number of aromatic nitrogens is 1. The SMILES string of the molecule is CCc1ccc([C@@H](NCC(=O)c2[nH]c(C)c(C(=O)OC)c2C)c2cccs2)cc1. The van der Waals surface area contributed by atoms with E-state index in [9.17, 15) is 9.59 Å². The zero-order chi connectivity index (χ0) is 21.0. The number of hydrogen-bond donors (Lipinski definition) is 2. The number of thiophene rings is 1. The largest absolute Gasteiger partial charge is 0.465 e. The Hall–Kier alpha value is -2.70. The van der Waals surface area contributed by atoms with Crippen LogP contribution in [-0.2, 0) is 11.2 Å². The van der Waals surface area contributed by atoms with E-state index in [-0.39, 0.29) is 18.4 Å². The standard InChI is InChI=1S/C23H26N2O3S/c1-5-16-8-10-17(11-9-16)22(19-7-6-12-29-19)24-13-18(26)21-14(2)20(15(3)25-21)23(27)28-4/h6-12,22,24-25H,5,13H2,1-4H3/t22-/m1/s1. The van der Waals surface area contributed by atoms with Gasteiger partial charge in [-0.15, -0.1) is 11.3 Å². The maximum absolute atomic E-state index is 12.9. The summed E-state index contributed by atoms with van der Waals surface area (Å²) in [7, 11) is 1.34.